The summed E-state index contributed by atoms with van der Waals surface area (Å²) in [5.74, 6) is 6.72. The Balaban J connectivity index is 1.34. The molecule has 0 bridgehead atoms. The van der Waals surface area contributed by atoms with E-state index in [0.717, 1.165) is 36.1 Å². The second-order valence-electron chi connectivity index (χ2n) is 12.2. The lowest BCUT2D eigenvalue weighted by Gasteiger charge is -2.08. The van der Waals surface area contributed by atoms with Crippen molar-refractivity contribution in [1.29, 1.82) is 0 Å². The lowest BCUT2D eigenvalue weighted by Crippen LogP contribution is -2.08. The van der Waals surface area contributed by atoms with Crippen LogP contribution in [0.4, 0.5) is 0 Å². The second-order valence-corrected chi connectivity index (χ2v) is 12.2. The number of rotatable bonds is 22. The van der Waals surface area contributed by atoms with Gasteiger partial charge in [-0.05, 0) is 85.6 Å². The summed E-state index contributed by atoms with van der Waals surface area (Å²) >= 11 is 0. The Labute approximate surface area is 283 Å². The molecule has 0 aliphatic carbocycles. The second kappa shape index (κ2) is 23.3. The normalized spacial score (nSPS) is 10.6. The van der Waals surface area contributed by atoms with Gasteiger partial charge in [0.05, 0.1) is 24.3 Å². The van der Waals surface area contributed by atoms with Gasteiger partial charge in [0.15, 0.2) is 0 Å². The van der Waals surface area contributed by atoms with E-state index in [9.17, 15) is 9.59 Å². The highest BCUT2D eigenvalue weighted by Gasteiger charge is 2.09. The number of carbonyl (C=O) groups excluding carboxylic acids is 2. The van der Waals surface area contributed by atoms with Crippen LogP contribution in [0.25, 0.3) is 0 Å². The van der Waals surface area contributed by atoms with Crippen molar-refractivity contribution in [2.24, 2.45) is 0 Å². The Morgan fingerprint density at radius 1 is 0.468 bits per heavy atom. The molecule has 0 aromatic heterocycles. The van der Waals surface area contributed by atoms with Crippen LogP contribution < -0.4 is 9.47 Å². The third-order valence-corrected chi connectivity index (χ3v) is 8.12. The molecule has 0 N–H and O–H groups in total. The molecule has 3 aromatic carbocycles. The lowest BCUT2D eigenvalue weighted by molar-refractivity contribution is 0.0497. The Morgan fingerprint density at radius 2 is 0.872 bits per heavy atom. The van der Waals surface area contributed by atoms with Crippen LogP contribution in [0, 0.1) is 11.8 Å². The molecule has 0 fully saturated rings. The van der Waals surface area contributed by atoms with Gasteiger partial charge in [-0.15, -0.1) is 0 Å². The van der Waals surface area contributed by atoms with Crippen molar-refractivity contribution in [3.8, 4) is 23.3 Å². The molecular formula is C42H54O5. The predicted molar refractivity (Wildman–Crippen MR) is 191 cm³/mol. The summed E-state index contributed by atoms with van der Waals surface area (Å²) in [6.45, 7) is 5.62. The fourth-order valence-electron chi connectivity index (χ4n) is 5.20. The smallest absolute Gasteiger partial charge is 0.343 e. The minimum absolute atomic E-state index is 0.295. The zero-order valence-corrected chi connectivity index (χ0v) is 28.7. The van der Waals surface area contributed by atoms with Crippen LogP contribution in [0.3, 0.4) is 0 Å². The van der Waals surface area contributed by atoms with Gasteiger partial charge in [0, 0.05) is 11.1 Å². The van der Waals surface area contributed by atoms with E-state index in [4.69, 9.17) is 14.2 Å². The zero-order valence-electron chi connectivity index (χ0n) is 28.7. The fourth-order valence-corrected chi connectivity index (χ4v) is 5.20. The number of esters is 2. The number of hydrogen-bond donors (Lipinski definition) is 0. The van der Waals surface area contributed by atoms with Gasteiger partial charge >= 0.3 is 11.9 Å². The highest BCUT2D eigenvalue weighted by Crippen LogP contribution is 2.18. The third kappa shape index (κ3) is 15.9. The number of hydrogen-bond acceptors (Lipinski definition) is 5. The van der Waals surface area contributed by atoms with Crippen molar-refractivity contribution >= 4 is 11.9 Å². The van der Waals surface area contributed by atoms with Crippen molar-refractivity contribution in [2.45, 2.75) is 117 Å². The minimum Gasteiger partial charge on any atom is -0.494 e. The molecule has 0 saturated heterocycles. The zero-order chi connectivity index (χ0) is 33.4. The maximum absolute atomic E-state index is 12.6. The van der Waals surface area contributed by atoms with Gasteiger partial charge in [0.2, 0.25) is 0 Å². The quantitative estimate of drug-likeness (QED) is 0.0474. The summed E-state index contributed by atoms with van der Waals surface area (Å²) in [4.78, 5) is 25.0. The average Bonchev–Trinajstić information content (AvgIpc) is 3.10. The van der Waals surface area contributed by atoms with Crippen molar-refractivity contribution in [3.05, 3.63) is 95.1 Å². The maximum atomic E-state index is 12.6. The number of benzene rings is 3. The van der Waals surface area contributed by atoms with Gasteiger partial charge in [-0.2, -0.15) is 0 Å². The highest BCUT2D eigenvalue weighted by molar-refractivity contribution is 5.91. The SMILES string of the molecule is CCCCCCCCCCOC(=O)c1ccc(C#Cc2ccc(OC(=O)c3ccc(OCCCCCCCCCC)cc3)cc2)cc1. The first-order valence-electron chi connectivity index (χ1n) is 17.9. The van der Waals surface area contributed by atoms with Gasteiger partial charge < -0.3 is 14.2 Å². The highest BCUT2D eigenvalue weighted by atomic mass is 16.5. The monoisotopic (exact) mass is 638 g/mol. The summed E-state index contributed by atoms with van der Waals surface area (Å²) in [7, 11) is 0. The molecule has 5 heteroatoms. The summed E-state index contributed by atoms with van der Waals surface area (Å²) in [5.41, 5.74) is 2.58. The summed E-state index contributed by atoms with van der Waals surface area (Å²) < 4.78 is 16.8. The minimum atomic E-state index is -0.421. The molecule has 0 radical (unpaired) electrons. The largest absolute Gasteiger partial charge is 0.494 e. The van der Waals surface area contributed by atoms with Gasteiger partial charge in [0.1, 0.15) is 11.5 Å². The third-order valence-electron chi connectivity index (χ3n) is 8.12. The summed E-state index contributed by atoms with van der Waals surface area (Å²) in [6, 6.07) is 21.3. The van der Waals surface area contributed by atoms with Crippen LogP contribution in [0.5, 0.6) is 11.5 Å². The van der Waals surface area contributed by atoms with Crippen LogP contribution in [0.15, 0.2) is 72.8 Å². The standard InChI is InChI=1S/C42H54O5/c1-3-5-7-9-11-13-15-17-33-45-39-31-27-38(28-32-39)42(44)47-40-29-23-36(24-30-40)20-19-35-21-25-37(26-22-35)41(43)46-34-18-16-14-12-10-8-6-4-2/h21-32H,3-18,33-34H2,1-2H3. The Kier molecular flexibility index (Phi) is 18.6. The number of ether oxygens (including phenoxy) is 3. The van der Waals surface area contributed by atoms with Gasteiger partial charge in [-0.1, -0.05) is 116 Å². The molecule has 0 aliphatic rings. The van der Waals surface area contributed by atoms with E-state index in [1.54, 1.807) is 36.4 Å². The topological polar surface area (TPSA) is 61.8 Å². The first kappa shape index (κ1) is 37.4. The molecule has 252 valence electrons. The molecule has 47 heavy (non-hydrogen) atoms. The summed E-state index contributed by atoms with van der Waals surface area (Å²) in [6.07, 6.45) is 19.8. The molecular weight excluding hydrogens is 584 g/mol. The average molecular weight is 639 g/mol. The van der Waals surface area contributed by atoms with Crippen LogP contribution in [0.2, 0.25) is 0 Å². The molecule has 0 heterocycles. The van der Waals surface area contributed by atoms with Crippen LogP contribution in [0.1, 0.15) is 148 Å². The van der Waals surface area contributed by atoms with E-state index in [2.05, 4.69) is 25.7 Å². The van der Waals surface area contributed by atoms with Crippen molar-refractivity contribution in [3.63, 3.8) is 0 Å². The van der Waals surface area contributed by atoms with Gasteiger partial charge in [0.25, 0.3) is 0 Å². The molecule has 0 saturated carbocycles. The van der Waals surface area contributed by atoms with Gasteiger partial charge in [-0.25, -0.2) is 9.59 Å². The van der Waals surface area contributed by atoms with E-state index >= 15 is 0 Å². The number of unbranched alkanes of at least 4 members (excludes halogenated alkanes) is 14. The lowest BCUT2D eigenvalue weighted by atomic mass is 10.1. The van der Waals surface area contributed by atoms with E-state index < -0.39 is 5.97 Å². The molecule has 0 unspecified atom stereocenters. The van der Waals surface area contributed by atoms with Crippen LogP contribution >= 0.6 is 0 Å². The number of carbonyl (C=O) groups is 2. The maximum Gasteiger partial charge on any atom is 0.343 e. The van der Waals surface area contributed by atoms with Gasteiger partial charge in [-0.3, -0.25) is 0 Å². The van der Waals surface area contributed by atoms with E-state index in [1.165, 1.54) is 83.5 Å². The molecule has 0 aliphatic heterocycles. The first-order valence-corrected chi connectivity index (χ1v) is 17.9. The van der Waals surface area contributed by atoms with Crippen LogP contribution in [-0.4, -0.2) is 25.2 Å². The van der Waals surface area contributed by atoms with Crippen molar-refractivity contribution < 1.29 is 23.8 Å². The van der Waals surface area contributed by atoms with E-state index in [1.807, 2.05) is 36.4 Å². The van der Waals surface area contributed by atoms with E-state index in [0.29, 0.717) is 30.1 Å². The Bertz CT molecular complexity index is 1350. The van der Waals surface area contributed by atoms with Crippen molar-refractivity contribution in [1.82, 2.24) is 0 Å². The van der Waals surface area contributed by atoms with Crippen molar-refractivity contribution in [2.75, 3.05) is 13.2 Å². The first-order chi connectivity index (χ1) is 23.1. The molecule has 0 spiro atoms. The molecule has 5 nitrogen and oxygen atoms in total. The molecule has 3 rings (SSSR count). The predicted octanol–water partition coefficient (Wildman–Crippen LogP) is 11.1. The molecule has 0 amide bonds. The van der Waals surface area contributed by atoms with Crippen LogP contribution in [-0.2, 0) is 4.74 Å². The molecule has 3 aromatic rings. The van der Waals surface area contributed by atoms with E-state index in [-0.39, 0.29) is 5.97 Å². The Morgan fingerprint density at radius 3 is 1.40 bits per heavy atom. The Hall–Kier alpha value is -4.04. The fraction of sp³-hybridized carbons (Fsp3) is 0.476. The molecule has 0 atom stereocenters. The summed E-state index contributed by atoms with van der Waals surface area (Å²) in [5, 5.41) is 0.